The molecule has 2 heterocycles. The van der Waals surface area contributed by atoms with Gasteiger partial charge in [-0.1, -0.05) is 60.7 Å². The Labute approximate surface area is 168 Å². The number of aromatic nitrogens is 1. The van der Waals surface area contributed by atoms with Crippen LogP contribution in [0.1, 0.15) is 17.0 Å². The summed E-state index contributed by atoms with van der Waals surface area (Å²) in [5, 5.41) is 5.80. The second-order valence-electron chi connectivity index (χ2n) is 6.87. The Morgan fingerprint density at radius 3 is 2.57 bits per heavy atom. The van der Waals surface area contributed by atoms with Crippen LogP contribution < -0.4 is 5.32 Å². The van der Waals surface area contributed by atoms with Gasteiger partial charge in [0.25, 0.3) is 0 Å². The maximum absolute atomic E-state index is 12.5. The topological polar surface area (TPSA) is 62.3 Å². The highest BCUT2D eigenvalue weighted by Gasteiger charge is 2.34. The molecule has 2 aromatic carbocycles. The van der Waals surface area contributed by atoms with E-state index in [0.717, 1.165) is 21.8 Å². The summed E-state index contributed by atoms with van der Waals surface area (Å²) in [7, 11) is 0. The van der Waals surface area contributed by atoms with Crippen LogP contribution >= 0.6 is 11.3 Å². The van der Waals surface area contributed by atoms with Crippen LogP contribution in [0.3, 0.4) is 0 Å². The lowest BCUT2D eigenvalue weighted by atomic mass is 10.1. The fourth-order valence-electron chi connectivity index (χ4n) is 3.35. The van der Waals surface area contributed by atoms with Crippen LogP contribution in [0, 0.1) is 5.92 Å². The molecule has 1 aromatic heterocycles. The van der Waals surface area contributed by atoms with Crippen molar-refractivity contribution in [2.24, 2.45) is 5.92 Å². The minimum Gasteiger partial charge on any atom is -0.349 e. The van der Waals surface area contributed by atoms with E-state index in [0.29, 0.717) is 19.6 Å². The average molecular weight is 391 g/mol. The van der Waals surface area contributed by atoms with Crippen LogP contribution in [-0.4, -0.2) is 28.2 Å². The third-order valence-corrected chi connectivity index (χ3v) is 5.69. The molecular weight excluding hydrogens is 370 g/mol. The molecule has 0 saturated carbocycles. The number of hydrogen-bond donors (Lipinski definition) is 1. The van der Waals surface area contributed by atoms with Crippen molar-refractivity contribution in [2.45, 2.75) is 19.5 Å². The summed E-state index contributed by atoms with van der Waals surface area (Å²) in [5.74, 6) is -0.352. The van der Waals surface area contributed by atoms with Gasteiger partial charge in [0.05, 0.1) is 18.2 Å². The second-order valence-corrected chi connectivity index (χ2v) is 7.81. The van der Waals surface area contributed by atoms with Crippen molar-refractivity contribution in [3.8, 4) is 11.3 Å². The van der Waals surface area contributed by atoms with Gasteiger partial charge >= 0.3 is 0 Å². The zero-order chi connectivity index (χ0) is 19.3. The Bertz CT molecular complexity index is 956. The largest absolute Gasteiger partial charge is 0.349 e. The lowest BCUT2D eigenvalue weighted by Gasteiger charge is -2.16. The van der Waals surface area contributed by atoms with E-state index >= 15 is 0 Å². The van der Waals surface area contributed by atoms with Crippen molar-refractivity contribution in [1.82, 2.24) is 15.2 Å². The van der Waals surface area contributed by atoms with Gasteiger partial charge in [-0.3, -0.25) is 9.59 Å². The lowest BCUT2D eigenvalue weighted by Crippen LogP contribution is -2.32. The zero-order valence-corrected chi connectivity index (χ0v) is 16.2. The second kappa shape index (κ2) is 8.35. The van der Waals surface area contributed by atoms with E-state index in [9.17, 15) is 9.59 Å². The van der Waals surface area contributed by atoms with Crippen molar-refractivity contribution < 1.29 is 9.59 Å². The monoisotopic (exact) mass is 391 g/mol. The highest BCUT2D eigenvalue weighted by atomic mass is 32.1. The minimum atomic E-state index is -0.301. The molecule has 0 bridgehead atoms. The SMILES string of the molecule is O=C(NCc1nc(-c2ccccc2)cs1)C1CC(=O)N(Cc2ccccc2)C1. The molecule has 0 aliphatic carbocycles. The van der Waals surface area contributed by atoms with Crippen molar-refractivity contribution >= 4 is 23.2 Å². The van der Waals surface area contributed by atoms with Gasteiger partial charge in [-0.2, -0.15) is 0 Å². The maximum atomic E-state index is 12.5. The first-order valence-corrected chi connectivity index (χ1v) is 10.2. The summed E-state index contributed by atoms with van der Waals surface area (Å²) >= 11 is 1.53. The Hall–Kier alpha value is -2.99. The van der Waals surface area contributed by atoms with Gasteiger partial charge in [0.1, 0.15) is 5.01 Å². The predicted molar refractivity (Wildman–Crippen MR) is 109 cm³/mol. The highest BCUT2D eigenvalue weighted by Crippen LogP contribution is 2.23. The first-order valence-electron chi connectivity index (χ1n) is 9.28. The summed E-state index contributed by atoms with van der Waals surface area (Å²) in [6.45, 7) is 1.41. The summed E-state index contributed by atoms with van der Waals surface area (Å²) in [4.78, 5) is 31.1. The fraction of sp³-hybridized carbons (Fsp3) is 0.227. The van der Waals surface area contributed by atoms with Crippen LogP contribution in [0.4, 0.5) is 0 Å². The molecule has 0 radical (unpaired) electrons. The molecule has 1 saturated heterocycles. The number of benzene rings is 2. The molecule has 6 heteroatoms. The number of amides is 2. The number of carbonyl (C=O) groups excluding carboxylic acids is 2. The van der Waals surface area contributed by atoms with E-state index in [1.54, 1.807) is 4.90 Å². The van der Waals surface area contributed by atoms with Gasteiger partial charge in [-0.25, -0.2) is 4.98 Å². The molecule has 28 heavy (non-hydrogen) atoms. The predicted octanol–water partition coefficient (Wildman–Crippen LogP) is 3.48. The molecular formula is C22H21N3O2S. The quantitative estimate of drug-likeness (QED) is 0.700. The van der Waals surface area contributed by atoms with Crippen LogP contribution in [-0.2, 0) is 22.7 Å². The lowest BCUT2D eigenvalue weighted by molar-refractivity contribution is -0.129. The van der Waals surface area contributed by atoms with Gasteiger partial charge in [0.2, 0.25) is 11.8 Å². The number of nitrogens with zero attached hydrogens (tertiary/aromatic N) is 2. The Balaban J connectivity index is 1.31. The molecule has 3 aromatic rings. The molecule has 142 valence electrons. The molecule has 1 aliphatic heterocycles. The third-order valence-electron chi connectivity index (χ3n) is 4.84. The van der Waals surface area contributed by atoms with Crippen molar-refractivity contribution in [3.05, 3.63) is 76.6 Å². The van der Waals surface area contributed by atoms with E-state index in [-0.39, 0.29) is 24.2 Å². The van der Waals surface area contributed by atoms with Gasteiger partial charge in [-0.05, 0) is 5.56 Å². The van der Waals surface area contributed by atoms with E-state index in [1.165, 1.54) is 11.3 Å². The molecule has 0 spiro atoms. The number of hydrogen-bond acceptors (Lipinski definition) is 4. The number of carbonyl (C=O) groups is 2. The molecule has 1 N–H and O–H groups in total. The molecule has 1 aliphatic rings. The van der Waals surface area contributed by atoms with Crippen molar-refractivity contribution in [2.75, 3.05) is 6.54 Å². The first-order chi connectivity index (χ1) is 13.7. The Morgan fingerprint density at radius 2 is 1.82 bits per heavy atom. The Kier molecular flexibility index (Phi) is 5.48. The zero-order valence-electron chi connectivity index (χ0n) is 15.4. The van der Waals surface area contributed by atoms with E-state index in [1.807, 2.05) is 66.0 Å². The molecule has 1 unspecified atom stereocenters. The summed E-state index contributed by atoms with van der Waals surface area (Å²) < 4.78 is 0. The standard InChI is InChI=1S/C22H21N3O2S/c26-21-11-18(14-25(21)13-16-7-3-1-4-8-16)22(27)23-12-20-24-19(15-28-20)17-9-5-2-6-10-17/h1-10,15,18H,11-14H2,(H,23,27). The number of rotatable bonds is 6. The normalized spacial score (nSPS) is 16.4. The van der Waals surface area contributed by atoms with E-state index in [2.05, 4.69) is 10.3 Å². The van der Waals surface area contributed by atoms with Crippen LogP contribution in [0.25, 0.3) is 11.3 Å². The smallest absolute Gasteiger partial charge is 0.225 e. The van der Waals surface area contributed by atoms with Gasteiger partial charge in [0, 0.05) is 30.5 Å². The van der Waals surface area contributed by atoms with Gasteiger partial charge in [0.15, 0.2) is 0 Å². The summed E-state index contributed by atoms with van der Waals surface area (Å²) in [6.07, 6.45) is 0.270. The third kappa shape index (κ3) is 4.28. The number of thiazole rings is 1. The van der Waals surface area contributed by atoms with Gasteiger partial charge < -0.3 is 10.2 Å². The van der Waals surface area contributed by atoms with Crippen LogP contribution in [0.5, 0.6) is 0 Å². The maximum Gasteiger partial charge on any atom is 0.225 e. The van der Waals surface area contributed by atoms with Crippen LogP contribution in [0.2, 0.25) is 0 Å². The molecule has 5 nitrogen and oxygen atoms in total. The number of likely N-dealkylation sites (tertiary alicyclic amines) is 1. The molecule has 1 fully saturated rings. The van der Waals surface area contributed by atoms with Gasteiger partial charge in [-0.15, -0.1) is 11.3 Å². The fourth-order valence-corrected chi connectivity index (χ4v) is 4.09. The van der Waals surface area contributed by atoms with Crippen LogP contribution in [0.15, 0.2) is 66.0 Å². The molecule has 4 rings (SSSR count). The molecule has 2 amide bonds. The minimum absolute atomic E-state index is 0.0321. The molecule has 1 atom stereocenters. The summed E-state index contributed by atoms with van der Waals surface area (Å²) in [6, 6.07) is 19.8. The highest BCUT2D eigenvalue weighted by molar-refractivity contribution is 7.09. The van der Waals surface area contributed by atoms with Crippen molar-refractivity contribution in [3.63, 3.8) is 0 Å². The Morgan fingerprint density at radius 1 is 1.11 bits per heavy atom. The van der Waals surface area contributed by atoms with E-state index in [4.69, 9.17) is 0 Å². The number of nitrogens with one attached hydrogen (secondary N) is 1. The summed E-state index contributed by atoms with van der Waals surface area (Å²) in [5.41, 5.74) is 3.06. The average Bonchev–Trinajstić information content (AvgIpc) is 3.35. The van der Waals surface area contributed by atoms with Crippen molar-refractivity contribution in [1.29, 1.82) is 0 Å². The van der Waals surface area contributed by atoms with E-state index < -0.39 is 0 Å². The first kappa shape index (κ1) is 18.4.